The first kappa shape index (κ1) is 17.7. The molecule has 2 aliphatic heterocycles. The summed E-state index contributed by atoms with van der Waals surface area (Å²) in [6, 6.07) is 13.5. The molecule has 0 amide bonds. The van der Waals surface area contributed by atoms with E-state index in [4.69, 9.17) is 14.2 Å². The number of aryl methyl sites for hydroxylation is 2. The maximum absolute atomic E-state index is 12.8. The van der Waals surface area contributed by atoms with E-state index >= 15 is 0 Å². The van der Waals surface area contributed by atoms with E-state index in [2.05, 4.69) is 4.98 Å². The normalized spacial score (nSPS) is 18.7. The van der Waals surface area contributed by atoms with Crippen molar-refractivity contribution in [3.8, 4) is 17.2 Å². The summed E-state index contributed by atoms with van der Waals surface area (Å²) in [5, 5.41) is 0. The number of fused-ring (bicyclic) bond motifs is 6. The average Bonchev–Trinajstić information content (AvgIpc) is 2.96. The molecule has 0 fully saturated rings. The van der Waals surface area contributed by atoms with Gasteiger partial charge in [0.25, 0.3) is 0 Å². The summed E-state index contributed by atoms with van der Waals surface area (Å²) in [6.07, 6.45) is 1.62. The molecule has 2 aliphatic rings. The third kappa shape index (κ3) is 2.47. The van der Waals surface area contributed by atoms with Crippen LogP contribution in [-0.2, 0) is 10.3 Å². The van der Waals surface area contributed by atoms with Crippen LogP contribution in [0.2, 0.25) is 0 Å². The first-order valence-electron chi connectivity index (χ1n) is 9.70. The molecule has 0 N–H and O–H groups in total. The summed E-state index contributed by atoms with van der Waals surface area (Å²) in [5.74, 6) is 1.64. The number of aromatic nitrogens is 1. The van der Waals surface area contributed by atoms with E-state index in [1.54, 1.807) is 6.20 Å². The monoisotopic (exact) mass is 387 g/mol. The van der Waals surface area contributed by atoms with Crippen molar-refractivity contribution in [2.75, 3.05) is 0 Å². The van der Waals surface area contributed by atoms with Gasteiger partial charge < -0.3 is 14.2 Å². The van der Waals surface area contributed by atoms with Gasteiger partial charge in [-0.3, -0.25) is 0 Å². The Hall–Kier alpha value is -3.34. The van der Waals surface area contributed by atoms with Gasteiger partial charge in [0, 0.05) is 17.3 Å². The van der Waals surface area contributed by atoms with Gasteiger partial charge >= 0.3 is 5.97 Å². The zero-order valence-corrected chi connectivity index (χ0v) is 16.8. The summed E-state index contributed by atoms with van der Waals surface area (Å²) < 4.78 is 18.4. The number of pyridine rings is 1. The summed E-state index contributed by atoms with van der Waals surface area (Å²) in [4.78, 5) is 17.1. The van der Waals surface area contributed by atoms with Crippen molar-refractivity contribution in [1.82, 2.24) is 4.98 Å². The minimum Gasteiger partial charge on any atom is -0.491 e. The molecular weight excluding hydrogens is 366 g/mol. The lowest BCUT2D eigenvalue weighted by atomic mass is 9.78. The van der Waals surface area contributed by atoms with Crippen molar-refractivity contribution in [3.63, 3.8) is 0 Å². The van der Waals surface area contributed by atoms with E-state index in [1.807, 2.05) is 70.2 Å². The number of benzene rings is 2. The minimum atomic E-state index is -1.11. The molecule has 3 heterocycles. The molecule has 0 saturated heterocycles. The van der Waals surface area contributed by atoms with Gasteiger partial charge in [-0.15, -0.1) is 0 Å². The second-order valence-electron chi connectivity index (χ2n) is 7.85. The van der Waals surface area contributed by atoms with E-state index in [0.717, 1.165) is 33.6 Å². The Bertz CT molecular complexity index is 1170. The number of carbonyl (C=O) groups is 1. The Morgan fingerprint density at radius 3 is 2.59 bits per heavy atom. The standard InChI is InChI=1S/C24H21NO4/c1-13(2)27-19-12-18-21(11-15(19)4)28-20-10-14(3)7-8-16(20)24(18)17-6-5-9-25-22(17)23(26)29-24/h5-13H,1-4H3. The SMILES string of the molecule is Cc1ccc2c(c1)Oc1cc(C)c(OC(C)C)cc1C21OC(=O)c2ncccc21. The Labute approximate surface area is 169 Å². The topological polar surface area (TPSA) is 57.7 Å². The van der Waals surface area contributed by atoms with Crippen LogP contribution in [0.4, 0.5) is 0 Å². The molecule has 1 atom stereocenters. The number of hydrogen-bond acceptors (Lipinski definition) is 5. The zero-order valence-electron chi connectivity index (χ0n) is 16.8. The molecule has 0 saturated carbocycles. The van der Waals surface area contributed by atoms with Gasteiger partial charge in [-0.2, -0.15) is 0 Å². The lowest BCUT2D eigenvalue weighted by Crippen LogP contribution is -2.33. The quantitative estimate of drug-likeness (QED) is 0.576. The molecule has 29 heavy (non-hydrogen) atoms. The molecule has 5 rings (SSSR count). The van der Waals surface area contributed by atoms with Crippen molar-refractivity contribution < 1.29 is 19.0 Å². The summed E-state index contributed by atoms with van der Waals surface area (Å²) >= 11 is 0. The highest BCUT2D eigenvalue weighted by atomic mass is 16.6. The van der Waals surface area contributed by atoms with Crippen LogP contribution >= 0.6 is 0 Å². The second kappa shape index (κ2) is 6.08. The first-order chi connectivity index (χ1) is 13.9. The number of rotatable bonds is 2. The van der Waals surface area contributed by atoms with Crippen LogP contribution < -0.4 is 9.47 Å². The molecule has 5 heteroatoms. The zero-order chi connectivity index (χ0) is 20.3. The number of esters is 1. The van der Waals surface area contributed by atoms with Crippen LogP contribution in [0.5, 0.6) is 17.2 Å². The van der Waals surface area contributed by atoms with Gasteiger partial charge in [-0.05, 0) is 63.1 Å². The molecule has 146 valence electrons. The number of ether oxygens (including phenoxy) is 3. The van der Waals surface area contributed by atoms with Crippen molar-refractivity contribution >= 4 is 5.97 Å². The van der Waals surface area contributed by atoms with Crippen LogP contribution in [0.1, 0.15) is 52.2 Å². The molecule has 5 nitrogen and oxygen atoms in total. The Balaban J connectivity index is 1.85. The highest BCUT2D eigenvalue weighted by molar-refractivity contribution is 5.95. The van der Waals surface area contributed by atoms with Gasteiger partial charge in [0.15, 0.2) is 11.3 Å². The fourth-order valence-corrected chi connectivity index (χ4v) is 4.16. The van der Waals surface area contributed by atoms with E-state index in [0.29, 0.717) is 17.2 Å². The largest absolute Gasteiger partial charge is 0.491 e. The van der Waals surface area contributed by atoms with Crippen molar-refractivity contribution in [3.05, 3.63) is 82.2 Å². The van der Waals surface area contributed by atoms with Crippen molar-refractivity contribution in [1.29, 1.82) is 0 Å². The highest BCUT2D eigenvalue weighted by Crippen LogP contribution is 2.56. The highest BCUT2D eigenvalue weighted by Gasteiger charge is 2.54. The van der Waals surface area contributed by atoms with Gasteiger partial charge in [0.1, 0.15) is 17.2 Å². The molecule has 3 aromatic rings. The lowest BCUT2D eigenvalue weighted by Gasteiger charge is -2.37. The third-order valence-electron chi connectivity index (χ3n) is 5.38. The van der Waals surface area contributed by atoms with Crippen LogP contribution in [-0.4, -0.2) is 17.1 Å². The fourth-order valence-electron chi connectivity index (χ4n) is 4.16. The van der Waals surface area contributed by atoms with E-state index in [-0.39, 0.29) is 6.10 Å². The average molecular weight is 387 g/mol. The van der Waals surface area contributed by atoms with Crippen LogP contribution in [0, 0.1) is 13.8 Å². The molecule has 0 radical (unpaired) electrons. The number of hydrogen-bond donors (Lipinski definition) is 0. The second-order valence-corrected chi connectivity index (χ2v) is 7.85. The fraction of sp³-hybridized carbons (Fsp3) is 0.250. The van der Waals surface area contributed by atoms with Crippen LogP contribution in [0.15, 0.2) is 48.7 Å². The Kier molecular flexibility index (Phi) is 3.72. The number of carbonyl (C=O) groups excluding carboxylic acids is 1. The molecule has 1 aromatic heterocycles. The van der Waals surface area contributed by atoms with Gasteiger partial charge in [0.05, 0.1) is 11.7 Å². The Morgan fingerprint density at radius 1 is 1.00 bits per heavy atom. The smallest absolute Gasteiger partial charge is 0.358 e. The van der Waals surface area contributed by atoms with E-state index in [9.17, 15) is 4.79 Å². The molecule has 1 spiro atoms. The lowest BCUT2D eigenvalue weighted by molar-refractivity contribution is 0.0220. The number of nitrogens with zero attached hydrogens (tertiary/aromatic N) is 1. The molecular formula is C24H21NO4. The van der Waals surface area contributed by atoms with E-state index < -0.39 is 11.6 Å². The maximum Gasteiger partial charge on any atom is 0.358 e. The van der Waals surface area contributed by atoms with Gasteiger partial charge in [0.2, 0.25) is 0 Å². The Morgan fingerprint density at radius 2 is 1.79 bits per heavy atom. The van der Waals surface area contributed by atoms with Gasteiger partial charge in [-0.25, -0.2) is 9.78 Å². The van der Waals surface area contributed by atoms with Crippen molar-refractivity contribution in [2.24, 2.45) is 0 Å². The minimum absolute atomic E-state index is 0.0160. The molecule has 0 aliphatic carbocycles. The summed E-state index contributed by atoms with van der Waals surface area (Å²) in [5.41, 5.74) is 3.50. The van der Waals surface area contributed by atoms with Crippen LogP contribution in [0.25, 0.3) is 0 Å². The predicted molar refractivity (Wildman–Crippen MR) is 108 cm³/mol. The molecule has 2 aromatic carbocycles. The van der Waals surface area contributed by atoms with E-state index in [1.165, 1.54) is 0 Å². The molecule has 1 unspecified atom stereocenters. The van der Waals surface area contributed by atoms with Crippen LogP contribution in [0.3, 0.4) is 0 Å². The summed E-state index contributed by atoms with van der Waals surface area (Å²) in [6.45, 7) is 7.96. The third-order valence-corrected chi connectivity index (χ3v) is 5.38. The summed E-state index contributed by atoms with van der Waals surface area (Å²) in [7, 11) is 0. The predicted octanol–water partition coefficient (Wildman–Crippen LogP) is 5.05. The van der Waals surface area contributed by atoms with Gasteiger partial charge in [-0.1, -0.05) is 18.2 Å². The first-order valence-corrected chi connectivity index (χ1v) is 9.70. The van der Waals surface area contributed by atoms with Crippen molar-refractivity contribution in [2.45, 2.75) is 39.4 Å². The molecule has 0 bridgehead atoms. The maximum atomic E-state index is 12.8.